The van der Waals surface area contributed by atoms with Gasteiger partial charge in [-0.3, -0.25) is 9.59 Å². The second kappa shape index (κ2) is 9.66. The Labute approximate surface area is 189 Å². The molecule has 1 saturated heterocycles. The van der Waals surface area contributed by atoms with E-state index in [1.165, 1.54) is 29.3 Å². The molecular formula is C22H31N5O4S. The van der Waals surface area contributed by atoms with Gasteiger partial charge in [0.1, 0.15) is 5.82 Å². The van der Waals surface area contributed by atoms with Crippen LogP contribution in [0.5, 0.6) is 0 Å². The van der Waals surface area contributed by atoms with Gasteiger partial charge in [0.05, 0.1) is 22.8 Å². The van der Waals surface area contributed by atoms with Crippen LogP contribution in [0.2, 0.25) is 0 Å². The van der Waals surface area contributed by atoms with Crippen molar-refractivity contribution in [2.45, 2.75) is 46.6 Å². The quantitative estimate of drug-likeness (QED) is 0.452. The van der Waals surface area contributed by atoms with Crippen molar-refractivity contribution in [3.8, 4) is 0 Å². The number of likely N-dealkylation sites (tertiary alicyclic amines) is 1. The molecule has 2 rings (SSSR count). The van der Waals surface area contributed by atoms with Crippen molar-refractivity contribution in [3.05, 3.63) is 53.1 Å². The predicted octanol–water partition coefficient (Wildman–Crippen LogP) is 2.23. The highest BCUT2D eigenvalue weighted by atomic mass is 32.2. The first-order chi connectivity index (χ1) is 14.7. The molecule has 32 heavy (non-hydrogen) atoms. The number of nitrogens with zero attached hydrogens (tertiary/aromatic N) is 2. The van der Waals surface area contributed by atoms with Crippen molar-refractivity contribution < 1.29 is 18.0 Å². The third-order valence-corrected chi connectivity index (χ3v) is 6.43. The van der Waals surface area contributed by atoms with Crippen LogP contribution in [0.3, 0.4) is 0 Å². The van der Waals surface area contributed by atoms with Gasteiger partial charge >= 0.3 is 11.8 Å². The molecule has 0 aliphatic carbocycles. The van der Waals surface area contributed by atoms with Gasteiger partial charge in [-0.2, -0.15) is 0 Å². The molecule has 0 aromatic carbocycles. The molecular weight excluding hydrogens is 430 g/mol. The highest BCUT2D eigenvalue weighted by Gasteiger charge is 2.38. The number of hydrogen-bond acceptors (Lipinski definition) is 6. The molecule has 174 valence electrons. The minimum Gasteiger partial charge on any atom is -0.383 e. The van der Waals surface area contributed by atoms with Crippen molar-refractivity contribution in [1.82, 2.24) is 9.88 Å². The lowest BCUT2D eigenvalue weighted by atomic mass is 9.79. The zero-order valence-electron chi connectivity index (χ0n) is 18.9. The summed E-state index contributed by atoms with van der Waals surface area (Å²) in [6, 6.07) is 1.18. The normalized spacial score (nSPS) is 19.1. The maximum absolute atomic E-state index is 13.1. The van der Waals surface area contributed by atoms with Crippen LogP contribution in [0.25, 0.3) is 0 Å². The Morgan fingerprint density at radius 1 is 1.34 bits per heavy atom. The summed E-state index contributed by atoms with van der Waals surface area (Å²) in [5.41, 5.74) is 7.07. The SMILES string of the molecule is C=C(/C=C\C(=C/C)S(N)(=O)=O)[C@@H]1CCC(C)(C)CN1C(=O)C(=O)Nc1cnc(N)c(C)c1. The van der Waals surface area contributed by atoms with Crippen molar-refractivity contribution in [2.24, 2.45) is 10.6 Å². The summed E-state index contributed by atoms with van der Waals surface area (Å²) in [4.78, 5) is 31.2. The number of amides is 2. The average molecular weight is 462 g/mol. The van der Waals surface area contributed by atoms with E-state index in [2.05, 4.69) is 16.9 Å². The number of nitrogens with one attached hydrogen (secondary N) is 1. The van der Waals surface area contributed by atoms with Crippen LogP contribution in [-0.4, -0.2) is 42.7 Å². The Hall–Kier alpha value is -2.98. The minimum absolute atomic E-state index is 0.0587. The summed E-state index contributed by atoms with van der Waals surface area (Å²) in [6.07, 6.45) is 7.03. The molecule has 0 radical (unpaired) electrons. The van der Waals surface area contributed by atoms with E-state index in [0.717, 1.165) is 6.42 Å². The fourth-order valence-corrected chi connectivity index (χ4v) is 4.14. The minimum atomic E-state index is -3.87. The number of carbonyl (C=O) groups is 2. The first kappa shape index (κ1) is 25.3. The monoisotopic (exact) mass is 461 g/mol. The van der Waals surface area contributed by atoms with Crippen LogP contribution in [0.15, 0.2) is 47.5 Å². The number of nitrogens with two attached hydrogens (primary N) is 2. The van der Waals surface area contributed by atoms with Crippen LogP contribution >= 0.6 is 0 Å². The van der Waals surface area contributed by atoms with E-state index in [-0.39, 0.29) is 10.3 Å². The molecule has 1 atom stereocenters. The molecule has 0 unspecified atom stereocenters. The van der Waals surface area contributed by atoms with Crippen LogP contribution < -0.4 is 16.2 Å². The molecule has 2 heterocycles. The number of anilines is 2. The summed E-state index contributed by atoms with van der Waals surface area (Å²) in [5.74, 6) is -1.16. The van der Waals surface area contributed by atoms with Crippen molar-refractivity contribution in [1.29, 1.82) is 0 Å². The highest BCUT2D eigenvalue weighted by Crippen LogP contribution is 2.35. The Kier molecular flexibility index (Phi) is 7.63. The maximum atomic E-state index is 13.1. The topological polar surface area (TPSA) is 148 Å². The number of pyridine rings is 1. The first-order valence-corrected chi connectivity index (χ1v) is 11.7. The van der Waals surface area contributed by atoms with Crippen LogP contribution in [-0.2, 0) is 19.6 Å². The molecule has 1 aliphatic rings. The molecule has 10 heteroatoms. The number of aromatic nitrogens is 1. The third-order valence-electron chi connectivity index (χ3n) is 5.40. The van der Waals surface area contributed by atoms with E-state index in [1.54, 1.807) is 19.9 Å². The fraction of sp³-hybridized carbons (Fsp3) is 0.409. The molecule has 0 spiro atoms. The Bertz CT molecular complexity index is 1090. The summed E-state index contributed by atoms with van der Waals surface area (Å²) in [6.45, 7) is 11.7. The Morgan fingerprint density at radius 2 is 2.00 bits per heavy atom. The number of primary sulfonamides is 1. The molecule has 0 saturated carbocycles. The number of allylic oxidation sites excluding steroid dienone is 2. The van der Waals surface area contributed by atoms with Crippen molar-refractivity contribution in [2.75, 3.05) is 17.6 Å². The van der Waals surface area contributed by atoms with Crippen LogP contribution in [0, 0.1) is 12.3 Å². The van der Waals surface area contributed by atoms with Crippen molar-refractivity contribution >= 4 is 33.3 Å². The van der Waals surface area contributed by atoms with Gasteiger partial charge in [-0.25, -0.2) is 18.5 Å². The van der Waals surface area contributed by atoms with Gasteiger partial charge in [-0.15, -0.1) is 0 Å². The zero-order chi connectivity index (χ0) is 24.3. The van der Waals surface area contributed by atoms with E-state index in [0.29, 0.717) is 35.6 Å². The van der Waals surface area contributed by atoms with E-state index in [1.807, 2.05) is 13.8 Å². The number of carbonyl (C=O) groups excluding carboxylic acids is 2. The number of aryl methyl sites for hydroxylation is 1. The second-order valence-electron chi connectivity index (χ2n) is 8.68. The number of hydrogen-bond donors (Lipinski definition) is 3. The number of piperidine rings is 1. The molecule has 9 nitrogen and oxygen atoms in total. The lowest BCUT2D eigenvalue weighted by Gasteiger charge is -2.43. The molecule has 0 bridgehead atoms. The average Bonchev–Trinajstić information content (AvgIpc) is 2.68. The largest absolute Gasteiger partial charge is 0.383 e. The molecule has 1 aromatic rings. The van der Waals surface area contributed by atoms with Gasteiger partial charge in [-0.1, -0.05) is 32.6 Å². The number of sulfonamides is 1. The van der Waals surface area contributed by atoms with E-state index < -0.39 is 27.9 Å². The lowest BCUT2D eigenvalue weighted by molar-refractivity contribution is -0.146. The number of rotatable bonds is 5. The molecule has 5 N–H and O–H groups in total. The number of nitrogen functional groups attached to an aromatic ring is 1. The molecule has 1 fully saturated rings. The van der Waals surface area contributed by atoms with Gasteiger partial charge < -0.3 is 16.0 Å². The molecule has 2 amide bonds. The molecule has 1 aliphatic heterocycles. The molecule has 1 aromatic heterocycles. The second-order valence-corrected chi connectivity index (χ2v) is 10.2. The van der Waals surface area contributed by atoms with Gasteiger partial charge in [0.25, 0.3) is 0 Å². The van der Waals surface area contributed by atoms with Crippen molar-refractivity contribution in [3.63, 3.8) is 0 Å². The first-order valence-electron chi connectivity index (χ1n) is 10.2. The Balaban J connectivity index is 2.25. The van der Waals surface area contributed by atoms with Crippen LogP contribution in [0.4, 0.5) is 11.5 Å². The van der Waals surface area contributed by atoms with E-state index >= 15 is 0 Å². The van der Waals surface area contributed by atoms with Crippen LogP contribution in [0.1, 0.15) is 39.2 Å². The van der Waals surface area contributed by atoms with Gasteiger partial charge in [-0.05, 0) is 55.4 Å². The third kappa shape index (κ3) is 6.27. The summed E-state index contributed by atoms with van der Waals surface area (Å²) in [5, 5.41) is 7.76. The maximum Gasteiger partial charge on any atom is 0.313 e. The summed E-state index contributed by atoms with van der Waals surface area (Å²) in [7, 11) is -3.87. The fourth-order valence-electron chi connectivity index (χ4n) is 3.56. The van der Waals surface area contributed by atoms with E-state index in [9.17, 15) is 18.0 Å². The lowest BCUT2D eigenvalue weighted by Crippen LogP contribution is -2.53. The highest BCUT2D eigenvalue weighted by molar-refractivity contribution is 7.93. The summed E-state index contributed by atoms with van der Waals surface area (Å²) < 4.78 is 23.2. The van der Waals surface area contributed by atoms with Gasteiger partial charge in [0, 0.05) is 6.54 Å². The smallest absolute Gasteiger partial charge is 0.313 e. The standard InChI is InChI=1S/C22H31N5O4S/c1-6-17(32(24,30)31)8-7-14(2)18-9-10-22(4,5)13-27(18)21(29)20(28)26-16-11-15(3)19(23)25-12-16/h6-8,11-12,18H,2,9-10,13H2,1,3-5H3,(H2,23,25)(H,26,28)(H2,24,30,31)/b8-7-,17-6+/t18-/m0/s1. The Morgan fingerprint density at radius 3 is 2.56 bits per heavy atom. The zero-order valence-corrected chi connectivity index (χ0v) is 19.7. The predicted molar refractivity (Wildman–Crippen MR) is 126 cm³/mol. The van der Waals surface area contributed by atoms with E-state index in [4.69, 9.17) is 10.9 Å². The summed E-state index contributed by atoms with van der Waals surface area (Å²) >= 11 is 0. The van der Waals surface area contributed by atoms with Gasteiger partial charge in [0.2, 0.25) is 10.0 Å². The van der Waals surface area contributed by atoms with Gasteiger partial charge in [0.15, 0.2) is 0 Å².